The Hall–Kier alpha value is -1.22. The molecule has 18 heavy (non-hydrogen) atoms. The number of hydrogen-bond acceptors (Lipinski definition) is 3. The van der Waals surface area contributed by atoms with Gasteiger partial charge in [0, 0.05) is 17.5 Å². The van der Waals surface area contributed by atoms with E-state index in [-0.39, 0.29) is 5.75 Å². The first-order chi connectivity index (χ1) is 8.67. The Morgan fingerprint density at radius 1 is 1.17 bits per heavy atom. The van der Waals surface area contributed by atoms with Gasteiger partial charge in [-0.05, 0) is 44.1 Å². The largest absolute Gasteiger partial charge is 0.508 e. The Bertz CT molecular complexity index is 401. The summed E-state index contributed by atoms with van der Waals surface area (Å²) in [4.78, 5) is 2.46. The first kappa shape index (κ1) is 13.2. The van der Waals surface area contributed by atoms with Crippen molar-refractivity contribution in [1.29, 1.82) is 0 Å². The van der Waals surface area contributed by atoms with E-state index in [2.05, 4.69) is 18.7 Å². The van der Waals surface area contributed by atoms with E-state index < -0.39 is 0 Å². The lowest BCUT2D eigenvalue weighted by Gasteiger charge is -2.31. The van der Waals surface area contributed by atoms with E-state index in [1.54, 1.807) is 18.2 Å². The summed E-state index contributed by atoms with van der Waals surface area (Å²) >= 11 is 0. The van der Waals surface area contributed by atoms with E-state index in [1.807, 2.05) is 0 Å². The van der Waals surface area contributed by atoms with E-state index in [4.69, 9.17) is 0 Å². The van der Waals surface area contributed by atoms with Crippen LogP contribution in [0.3, 0.4) is 0 Å². The normalized spacial score (nSPS) is 23.7. The van der Waals surface area contributed by atoms with E-state index in [1.165, 1.54) is 12.8 Å². The SMILES string of the molecule is CCN(CC)C1CCCC1c1cc(O)ccc1O. The molecule has 0 amide bonds. The molecule has 0 spiro atoms. The smallest absolute Gasteiger partial charge is 0.119 e. The van der Waals surface area contributed by atoms with Gasteiger partial charge in [0.15, 0.2) is 0 Å². The summed E-state index contributed by atoms with van der Waals surface area (Å²) in [7, 11) is 0. The summed E-state index contributed by atoms with van der Waals surface area (Å²) in [5, 5.41) is 19.6. The van der Waals surface area contributed by atoms with Crippen molar-refractivity contribution in [1.82, 2.24) is 4.90 Å². The molecule has 3 nitrogen and oxygen atoms in total. The van der Waals surface area contributed by atoms with Crippen molar-refractivity contribution >= 4 is 0 Å². The van der Waals surface area contributed by atoms with Crippen LogP contribution in [0.5, 0.6) is 11.5 Å². The Balaban J connectivity index is 2.28. The first-order valence-corrected chi connectivity index (χ1v) is 6.93. The third kappa shape index (κ3) is 2.46. The highest BCUT2D eigenvalue weighted by atomic mass is 16.3. The second-order valence-electron chi connectivity index (χ2n) is 5.07. The van der Waals surface area contributed by atoms with Crippen molar-refractivity contribution in [2.45, 2.75) is 45.1 Å². The predicted octanol–water partition coefficient (Wildman–Crippen LogP) is 3.08. The molecule has 2 atom stereocenters. The fraction of sp³-hybridized carbons (Fsp3) is 0.600. The molecule has 100 valence electrons. The van der Waals surface area contributed by atoms with Crippen molar-refractivity contribution < 1.29 is 10.2 Å². The van der Waals surface area contributed by atoms with Crippen LogP contribution in [0.25, 0.3) is 0 Å². The van der Waals surface area contributed by atoms with Crippen molar-refractivity contribution in [3.8, 4) is 11.5 Å². The molecule has 0 saturated heterocycles. The van der Waals surface area contributed by atoms with Crippen LogP contribution < -0.4 is 0 Å². The van der Waals surface area contributed by atoms with Gasteiger partial charge in [-0.2, -0.15) is 0 Å². The molecule has 1 aliphatic rings. The van der Waals surface area contributed by atoms with Crippen LogP contribution >= 0.6 is 0 Å². The van der Waals surface area contributed by atoms with Crippen LogP contribution in [0.4, 0.5) is 0 Å². The van der Waals surface area contributed by atoms with Gasteiger partial charge in [0.2, 0.25) is 0 Å². The summed E-state index contributed by atoms with van der Waals surface area (Å²) in [6.45, 7) is 6.44. The number of rotatable bonds is 4. The molecular formula is C15H23NO2. The highest BCUT2D eigenvalue weighted by Gasteiger charge is 2.33. The zero-order chi connectivity index (χ0) is 13.1. The van der Waals surface area contributed by atoms with E-state index >= 15 is 0 Å². The van der Waals surface area contributed by atoms with E-state index in [9.17, 15) is 10.2 Å². The summed E-state index contributed by atoms with van der Waals surface area (Å²) < 4.78 is 0. The third-order valence-electron chi connectivity index (χ3n) is 4.17. The predicted molar refractivity (Wildman–Crippen MR) is 73.1 cm³/mol. The quantitative estimate of drug-likeness (QED) is 0.806. The van der Waals surface area contributed by atoms with Gasteiger partial charge in [-0.25, -0.2) is 0 Å². The lowest BCUT2D eigenvalue weighted by atomic mass is 9.92. The van der Waals surface area contributed by atoms with Crippen LogP contribution in [-0.4, -0.2) is 34.2 Å². The maximum Gasteiger partial charge on any atom is 0.119 e. The number of phenols is 2. The average Bonchev–Trinajstić information content (AvgIpc) is 2.83. The summed E-state index contributed by atoms with van der Waals surface area (Å²) in [6, 6.07) is 5.36. The molecule has 1 aliphatic carbocycles. The average molecular weight is 249 g/mol. The maximum absolute atomic E-state index is 10.0. The molecular weight excluding hydrogens is 226 g/mol. The van der Waals surface area contributed by atoms with Gasteiger partial charge in [-0.1, -0.05) is 20.3 Å². The van der Waals surface area contributed by atoms with Crippen LogP contribution in [0, 0.1) is 0 Å². The summed E-state index contributed by atoms with van der Waals surface area (Å²) in [6.07, 6.45) is 3.47. The van der Waals surface area contributed by atoms with Crippen LogP contribution in [0.15, 0.2) is 18.2 Å². The van der Waals surface area contributed by atoms with Gasteiger partial charge in [0.25, 0.3) is 0 Å². The monoisotopic (exact) mass is 249 g/mol. The Morgan fingerprint density at radius 2 is 1.89 bits per heavy atom. The van der Waals surface area contributed by atoms with Crippen molar-refractivity contribution in [3.05, 3.63) is 23.8 Å². The fourth-order valence-electron chi connectivity index (χ4n) is 3.27. The van der Waals surface area contributed by atoms with Gasteiger partial charge in [-0.3, -0.25) is 0 Å². The molecule has 0 bridgehead atoms. The highest BCUT2D eigenvalue weighted by molar-refractivity contribution is 5.42. The molecule has 3 heteroatoms. The number of nitrogens with zero attached hydrogens (tertiary/aromatic N) is 1. The lowest BCUT2D eigenvalue weighted by Crippen LogP contribution is -2.36. The zero-order valence-electron chi connectivity index (χ0n) is 11.3. The van der Waals surface area contributed by atoms with Crippen molar-refractivity contribution in [2.75, 3.05) is 13.1 Å². The maximum atomic E-state index is 10.0. The van der Waals surface area contributed by atoms with Gasteiger partial charge >= 0.3 is 0 Å². The zero-order valence-corrected chi connectivity index (χ0v) is 11.3. The summed E-state index contributed by atoms with van der Waals surface area (Å²) in [5.41, 5.74) is 0.907. The Labute approximate surface area is 109 Å². The third-order valence-corrected chi connectivity index (χ3v) is 4.17. The highest BCUT2D eigenvalue weighted by Crippen LogP contribution is 2.42. The second kappa shape index (κ2) is 5.61. The second-order valence-corrected chi connectivity index (χ2v) is 5.07. The Kier molecular flexibility index (Phi) is 4.12. The van der Waals surface area contributed by atoms with Gasteiger partial charge in [0.05, 0.1) is 0 Å². The molecule has 0 aromatic heterocycles. The van der Waals surface area contributed by atoms with Crippen LogP contribution in [0.2, 0.25) is 0 Å². The topological polar surface area (TPSA) is 43.7 Å². The molecule has 1 fully saturated rings. The number of hydrogen-bond donors (Lipinski definition) is 2. The molecule has 2 unspecified atom stereocenters. The van der Waals surface area contributed by atoms with E-state index in [0.29, 0.717) is 17.7 Å². The molecule has 2 N–H and O–H groups in total. The molecule has 0 heterocycles. The fourth-order valence-corrected chi connectivity index (χ4v) is 3.27. The molecule has 0 aliphatic heterocycles. The van der Waals surface area contributed by atoms with Gasteiger partial charge < -0.3 is 15.1 Å². The van der Waals surface area contributed by atoms with Crippen molar-refractivity contribution in [3.63, 3.8) is 0 Å². The standard InChI is InChI=1S/C15H23NO2/c1-3-16(4-2)14-7-5-6-12(14)13-10-11(17)8-9-15(13)18/h8-10,12,14,17-18H,3-7H2,1-2H3. The minimum Gasteiger partial charge on any atom is -0.508 e. The lowest BCUT2D eigenvalue weighted by molar-refractivity contribution is 0.202. The molecule has 0 radical (unpaired) electrons. The number of benzene rings is 1. The molecule has 1 aromatic rings. The van der Waals surface area contributed by atoms with Crippen molar-refractivity contribution in [2.24, 2.45) is 0 Å². The molecule has 1 aromatic carbocycles. The van der Waals surface area contributed by atoms with Crippen LogP contribution in [0.1, 0.15) is 44.6 Å². The van der Waals surface area contributed by atoms with Gasteiger partial charge in [0.1, 0.15) is 11.5 Å². The van der Waals surface area contributed by atoms with E-state index in [0.717, 1.165) is 25.1 Å². The van der Waals surface area contributed by atoms with Gasteiger partial charge in [-0.15, -0.1) is 0 Å². The summed E-state index contributed by atoms with van der Waals surface area (Å²) in [5.74, 6) is 0.904. The first-order valence-electron chi connectivity index (χ1n) is 6.93. The molecule has 1 saturated carbocycles. The minimum absolute atomic E-state index is 0.244. The number of likely N-dealkylation sites (N-methyl/N-ethyl adjacent to an activating group) is 1. The minimum atomic E-state index is 0.244. The Morgan fingerprint density at radius 3 is 2.56 bits per heavy atom. The molecule has 2 rings (SSSR count). The number of aromatic hydroxyl groups is 2. The number of phenolic OH excluding ortho intramolecular Hbond substituents is 2. The van der Waals surface area contributed by atoms with Crippen LogP contribution in [-0.2, 0) is 0 Å².